The molecule has 0 heterocycles. The van der Waals surface area contributed by atoms with Gasteiger partial charge in [-0.15, -0.1) is 0 Å². The molecule has 4 nitrogen and oxygen atoms in total. The van der Waals surface area contributed by atoms with Crippen LogP contribution in [0, 0.1) is 0 Å². The second kappa shape index (κ2) is 4.45. The van der Waals surface area contributed by atoms with Crippen molar-refractivity contribution >= 4 is 39.2 Å². The van der Waals surface area contributed by atoms with E-state index < -0.39 is 6.03 Å². The van der Waals surface area contributed by atoms with Gasteiger partial charge in [-0.1, -0.05) is 11.6 Å². The van der Waals surface area contributed by atoms with E-state index in [0.717, 1.165) is 0 Å². The van der Waals surface area contributed by atoms with Gasteiger partial charge < -0.3 is 5.32 Å². The fourth-order valence-electron chi connectivity index (χ4n) is 0.749. The number of nitrogens with two attached hydrogens (primary N) is 1. The van der Waals surface area contributed by atoms with E-state index in [1.54, 1.807) is 18.2 Å². The van der Waals surface area contributed by atoms with E-state index in [1.165, 1.54) is 0 Å². The Morgan fingerprint density at radius 2 is 2.23 bits per heavy atom. The molecule has 4 N–H and O–H groups in total. The standard InChI is InChI=1S/C7H7BrClN3O/c8-5-3-4(9)1-2-6(5)11-7(13)12-10/h1-3H,10H2,(H2,11,12,13). The minimum atomic E-state index is -0.483. The van der Waals surface area contributed by atoms with Gasteiger partial charge in [-0.2, -0.15) is 0 Å². The third-order valence-corrected chi connectivity index (χ3v) is 2.20. The molecule has 0 aromatic heterocycles. The molecule has 13 heavy (non-hydrogen) atoms. The smallest absolute Gasteiger partial charge is 0.306 e. The first-order valence-corrected chi connectivity index (χ1v) is 4.53. The molecule has 0 saturated heterocycles. The Morgan fingerprint density at radius 1 is 1.54 bits per heavy atom. The Balaban J connectivity index is 2.83. The molecule has 0 aliphatic heterocycles. The van der Waals surface area contributed by atoms with Crippen LogP contribution in [0.3, 0.4) is 0 Å². The SMILES string of the molecule is NNC(=O)Nc1ccc(Cl)cc1Br. The van der Waals surface area contributed by atoms with Crippen molar-refractivity contribution in [3.8, 4) is 0 Å². The maximum Gasteiger partial charge on any atom is 0.333 e. The van der Waals surface area contributed by atoms with Crippen LogP contribution in [-0.2, 0) is 0 Å². The molecule has 6 heteroatoms. The van der Waals surface area contributed by atoms with Crippen LogP contribution in [0.25, 0.3) is 0 Å². The first-order valence-electron chi connectivity index (χ1n) is 3.36. The molecule has 1 aromatic carbocycles. The molecule has 0 aliphatic carbocycles. The van der Waals surface area contributed by atoms with Gasteiger partial charge in [0.25, 0.3) is 0 Å². The summed E-state index contributed by atoms with van der Waals surface area (Å²) in [5, 5.41) is 3.10. The summed E-state index contributed by atoms with van der Waals surface area (Å²) in [7, 11) is 0. The molecule has 0 spiro atoms. The summed E-state index contributed by atoms with van der Waals surface area (Å²) in [5.41, 5.74) is 2.56. The number of halogens is 2. The maximum atomic E-state index is 10.8. The van der Waals surface area contributed by atoms with Crippen molar-refractivity contribution in [1.82, 2.24) is 5.43 Å². The van der Waals surface area contributed by atoms with E-state index in [9.17, 15) is 4.79 Å². The molecule has 70 valence electrons. The highest BCUT2D eigenvalue weighted by atomic mass is 79.9. The Kier molecular flexibility index (Phi) is 3.53. The van der Waals surface area contributed by atoms with Gasteiger partial charge in [0.1, 0.15) is 0 Å². The largest absolute Gasteiger partial charge is 0.333 e. The van der Waals surface area contributed by atoms with Gasteiger partial charge in [-0.25, -0.2) is 10.6 Å². The molecule has 0 saturated carbocycles. The van der Waals surface area contributed by atoms with Gasteiger partial charge in [0.05, 0.1) is 5.69 Å². The molecule has 0 atom stereocenters. The number of hydrazine groups is 1. The molecular weight excluding hydrogens is 257 g/mol. The summed E-state index contributed by atoms with van der Waals surface area (Å²) in [6.45, 7) is 0. The average Bonchev–Trinajstić information content (AvgIpc) is 2.09. The summed E-state index contributed by atoms with van der Waals surface area (Å²) < 4.78 is 0.698. The zero-order chi connectivity index (χ0) is 9.84. The van der Waals surface area contributed by atoms with Crippen LogP contribution in [0.1, 0.15) is 0 Å². The Labute approximate surface area is 88.5 Å². The van der Waals surface area contributed by atoms with Crippen LogP contribution < -0.4 is 16.6 Å². The third-order valence-electron chi connectivity index (χ3n) is 1.31. The lowest BCUT2D eigenvalue weighted by Crippen LogP contribution is -2.34. The van der Waals surface area contributed by atoms with Crippen LogP contribution in [0.4, 0.5) is 10.5 Å². The summed E-state index contributed by atoms with van der Waals surface area (Å²) in [4.78, 5) is 10.8. The molecule has 2 amide bonds. The second-order valence-electron chi connectivity index (χ2n) is 2.22. The van der Waals surface area contributed by atoms with E-state index in [-0.39, 0.29) is 0 Å². The van der Waals surface area contributed by atoms with E-state index in [2.05, 4.69) is 21.2 Å². The fourth-order valence-corrected chi connectivity index (χ4v) is 1.53. The highest BCUT2D eigenvalue weighted by molar-refractivity contribution is 9.10. The molecule has 0 unspecified atom stereocenters. The van der Waals surface area contributed by atoms with Crippen LogP contribution in [-0.4, -0.2) is 6.03 Å². The first kappa shape index (κ1) is 10.3. The van der Waals surface area contributed by atoms with Gasteiger partial charge in [0.15, 0.2) is 0 Å². The van der Waals surface area contributed by atoms with Crippen LogP contribution in [0.5, 0.6) is 0 Å². The summed E-state index contributed by atoms with van der Waals surface area (Å²) >= 11 is 8.94. The van der Waals surface area contributed by atoms with Crippen molar-refractivity contribution in [3.63, 3.8) is 0 Å². The van der Waals surface area contributed by atoms with Crippen LogP contribution in [0.15, 0.2) is 22.7 Å². The van der Waals surface area contributed by atoms with Crippen molar-refractivity contribution in [1.29, 1.82) is 0 Å². The lowest BCUT2D eigenvalue weighted by Gasteiger charge is -2.06. The van der Waals surface area contributed by atoms with E-state index in [0.29, 0.717) is 15.2 Å². The minimum absolute atomic E-state index is 0.483. The van der Waals surface area contributed by atoms with Crippen molar-refractivity contribution in [2.45, 2.75) is 0 Å². The van der Waals surface area contributed by atoms with Crippen molar-refractivity contribution in [2.24, 2.45) is 5.84 Å². The number of urea groups is 1. The Bertz CT molecular complexity index is 332. The van der Waals surface area contributed by atoms with E-state index in [4.69, 9.17) is 17.4 Å². The molecule has 0 fully saturated rings. The fraction of sp³-hybridized carbons (Fsp3) is 0. The predicted octanol–water partition coefficient (Wildman–Crippen LogP) is 2.10. The highest BCUT2D eigenvalue weighted by Gasteiger charge is 2.03. The molecule has 0 bridgehead atoms. The van der Waals surface area contributed by atoms with Crippen LogP contribution in [0.2, 0.25) is 5.02 Å². The Hall–Kier alpha value is -0.780. The predicted molar refractivity (Wildman–Crippen MR) is 55.5 cm³/mol. The van der Waals surface area contributed by atoms with Gasteiger partial charge in [0, 0.05) is 9.50 Å². The Morgan fingerprint density at radius 3 is 2.77 bits per heavy atom. The number of rotatable bonds is 1. The number of hydrogen-bond donors (Lipinski definition) is 3. The number of carbonyl (C=O) groups is 1. The number of amides is 2. The van der Waals surface area contributed by atoms with Crippen molar-refractivity contribution in [3.05, 3.63) is 27.7 Å². The monoisotopic (exact) mass is 263 g/mol. The quantitative estimate of drug-likeness (QED) is 0.413. The minimum Gasteiger partial charge on any atom is -0.306 e. The van der Waals surface area contributed by atoms with Crippen molar-refractivity contribution < 1.29 is 4.79 Å². The molecule has 0 aliphatic rings. The lowest BCUT2D eigenvalue weighted by atomic mass is 10.3. The number of benzene rings is 1. The summed E-state index contributed by atoms with van der Waals surface area (Å²) in [6, 6.07) is 4.52. The normalized spacial score (nSPS) is 9.46. The first-order chi connectivity index (χ1) is 6.13. The number of nitrogens with one attached hydrogen (secondary N) is 2. The number of carbonyl (C=O) groups excluding carboxylic acids is 1. The van der Waals surface area contributed by atoms with Gasteiger partial charge in [-0.3, -0.25) is 5.43 Å². The lowest BCUT2D eigenvalue weighted by molar-refractivity contribution is 0.252. The molecule has 0 radical (unpaired) electrons. The average molecular weight is 265 g/mol. The second-order valence-corrected chi connectivity index (χ2v) is 3.51. The van der Waals surface area contributed by atoms with Crippen molar-refractivity contribution in [2.75, 3.05) is 5.32 Å². The summed E-state index contributed by atoms with van der Waals surface area (Å²) in [6.07, 6.45) is 0. The van der Waals surface area contributed by atoms with Gasteiger partial charge in [0.2, 0.25) is 0 Å². The van der Waals surface area contributed by atoms with E-state index in [1.807, 2.05) is 5.43 Å². The van der Waals surface area contributed by atoms with Crippen LogP contribution >= 0.6 is 27.5 Å². The van der Waals surface area contributed by atoms with Gasteiger partial charge >= 0.3 is 6.03 Å². The molecular formula is C7H7BrClN3O. The highest BCUT2D eigenvalue weighted by Crippen LogP contribution is 2.25. The molecule has 1 rings (SSSR count). The number of hydrogen-bond acceptors (Lipinski definition) is 2. The number of anilines is 1. The summed E-state index contributed by atoms with van der Waals surface area (Å²) in [5.74, 6) is 4.90. The third kappa shape index (κ3) is 2.87. The molecule has 1 aromatic rings. The zero-order valence-corrected chi connectivity index (χ0v) is 8.82. The zero-order valence-electron chi connectivity index (χ0n) is 6.47. The van der Waals surface area contributed by atoms with E-state index >= 15 is 0 Å². The maximum absolute atomic E-state index is 10.8. The topological polar surface area (TPSA) is 67.1 Å². The van der Waals surface area contributed by atoms with Gasteiger partial charge in [-0.05, 0) is 34.1 Å².